The minimum Gasteiger partial charge on any atom is -0.466 e. The van der Waals surface area contributed by atoms with E-state index in [0.717, 1.165) is 6.08 Å². The average Bonchev–Trinajstić information content (AvgIpc) is 3.10. The Bertz CT molecular complexity index is 751. The summed E-state index contributed by atoms with van der Waals surface area (Å²) in [5, 5.41) is 14.9. The molecule has 0 bridgehead atoms. The smallest absolute Gasteiger partial charge is 0.354 e. The molecule has 0 amide bonds. The van der Waals surface area contributed by atoms with Gasteiger partial charge in [0, 0.05) is 12.1 Å². The molecule has 0 unspecified atom stereocenters. The maximum atomic E-state index is 11.7. The Morgan fingerprint density at radius 3 is 2.46 bits per heavy atom. The molecule has 1 heterocycles. The van der Waals surface area contributed by atoms with Gasteiger partial charge in [-0.05, 0) is 29.5 Å². The number of hydrogen-bond donors (Lipinski definition) is 1. The van der Waals surface area contributed by atoms with Gasteiger partial charge in [-0.25, -0.2) is 9.59 Å². The fraction of sp³-hybridized carbons (Fsp3) is 0.267. The van der Waals surface area contributed by atoms with Crippen LogP contribution in [0.15, 0.2) is 36.0 Å². The van der Waals surface area contributed by atoms with Gasteiger partial charge in [0.05, 0.1) is 26.0 Å². The van der Waals surface area contributed by atoms with E-state index in [0.29, 0.717) is 23.6 Å². The molecule has 2 rings (SSSR count). The Morgan fingerprint density at radius 2 is 1.92 bits per heavy atom. The van der Waals surface area contributed by atoms with Gasteiger partial charge in [-0.1, -0.05) is 6.92 Å². The molecule has 1 aromatic heterocycles. The summed E-state index contributed by atoms with van der Waals surface area (Å²) in [4.78, 5) is 24.4. The van der Waals surface area contributed by atoms with Crippen molar-refractivity contribution >= 4 is 17.6 Å². The van der Waals surface area contributed by atoms with E-state index < -0.39 is 11.9 Å². The standard InChI is InChI=1S/C15H17N5O4/c1-4-13-17-19-20(18-13)11-7-5-10(6-8-11)16-12(15(22)24-3)9-14(21)23-2/h5-9,16H,4H2,1-3H3/b12-9+. The molecule has 0 aliphatic rings. The molecule has 0 saturated heterocycles. The number of nitrogens with one attached hydrogen (secondary N) is 1. The Morgan fingerprint density at radius 1 is 1.21 bits per heavy atom. The number of rotatable bonds is 6. The molecule has 9 heteroatoms. The molecule has 126 valence electrons. The first-order chi connectivity index (χ1) is 11.6. The summed E-state index contributed by atoms with van der Waals surface area (Å²) in [5.74, 6) is -0.709. The van der Waals surface area contributed by atoms with Crippen molar-refractivity contribution in [3.05, 3.63) is 41.9 Å². The first kappa shape index (κ1) is 17.1. The number of anilines is 1. The highest BCUT2D eigenvalue weighted by atomic mass is 16.5. The molecule has 0 fully saturated rings. The van der Waals surface area contributed by atoms with Gasteiger partial charge in [0.1, 0.15) is 5.70 Å². The van der Waals surface area contributed by atoms with E-state index in [-0.39, 0.29) is 5.70 Å². The van der Waals surface area contributed by atoms with Crippen molar-refractivity contribution in [3.8, 4) is 5.69 Å². The lowest BCUT2D eigenvalue weighted by atomic mass is 10.2. The van der Waals surface area contributed by atoms with Gasteiger partial charge in [-0.2, -0.15) is 0 Å². The molecule has 1 aromatic carbocycles. The summed E-state index contributed by atoms with van der Waals surface area (Å²) in [6.07, 6.45) is 1.71. The largest absolute Gasteiger partial charge is 0.466 e. The maximum absolute atomic E-state index is 11.7. The summed E-state index contributed by atoms with van der Waals surface area (Å²) < 4.78 is 9.14. The highest BCUT2D eigenvalue weighted by Gasteiger charge is 2.13. The molecule has 0 radical (unpaired) electrons. The van der Waals surface area contributed by atoms with Crippen LogP contribution in [0, 0.1) is 0 Å². The van der Waals surface area contributed by atoms with Crippen molar-refractivity contribution in [3.63, 3.8) is 0 Å². The van der Waals surface area contributed by atoms with Crippen molar-refractivity contribution in [2.75, 3.05) is 19.5 Å². The minimum absolute atomic E-state index is 0.0377. The zero-order chi connectivity index (χ0) is 17.5. The molecule has 0 aliphatic carbocycles. The van der Waals surface area contributed by atoms with Crippen LogP contribution in [0.25, 0.3) is 5.69 Å². The number of hydrogen-bond acceptors (Lipinski definition) is 8. The molecular weight excluding hydrogens is 314 g/mol. The Hall–Kier alpha value is -3.23. The molecule has 0 spiro atoms. The van der Waals surface area contributed by atoms with Crippen LogP contribution in [0.5, 0.6) is 0 Å². The Balaban J connectivity index is 2.18. The number of ether oxygens (including phenoxy) is 2. The van der Waals surface area contributed by atoms with Gasteiger partial charge in [0.25, 0.3) is 0 Å². The predicted molar refractivity (Wildman–Crippen MR) is 84.3 cm³/mol. The summed E-state index contributed by atoms with van der Waals surface area (Å²) in [6, 6.07) is 6.91. The van der Waals surface area contributed by atoms with E-state index in [2.05, 4.69) is 30.2 Å². The second-order valence-corrected chi connectivity index (χ2v) is 4.59. The number of esters is 2. The molecule has 0 aliphatic heterocycles. The summed E-state index contributed by atoms with van der Waals surface area (Å²) in [6.45, 7) is 1.94. The number of tetrazole rings is 1. The lowest BCUT2D eigenvalue weighted by Crippen LogP contribution is -2.15. The summed E-state index contributed by atoms with van der Waals surface area (Å²) >= 11 is 0. The van der Waals surface area contributed by atoms with Crippen molar-refractivity contribution in [1.29, 1.82) is 0 Å². The SMILES string of the molecule is CCc1nnn(-c2ccc(N/C(=C/C(=O)OC)C(=O)OC)cc2)n1. The van der Waals surface area contributed by atoms with Gasteiger partial charge in [0.15, 0.2) is 5.82 Å². The highest BCUT2D eigenvalue weighted by Crippen LogP contribution is 2.14. The number of aryl methyl sites for hydroxylation is 1. The molecule has 0 atom stereocenters. The van der Waals surface area contributed by atoms with E-state index in [1.165, 1.54) is 19.0 Å². The van der Waals surface area contributed by atoms with Gasteiger partial charge < -0.3 is 14.8 Å². The molecule has 9 nitrogen and oxygen atoms in total. The van der Waals surface area contributed by atoms with Crippen LogP contribution in [0.1, 0.15) is 12.7 Å². The van der Waals surface area contributed by atoms with Gasteiger partial charge in [-0.15, -0.1) is 15.0 Å². The van der Waals surface area contributed by atoms with Gasteiger partial charge >= 0.3 is 11.9 Å². The number of aromatic nitrogens is 4. The zero-order valence-electron chi connectivity index (χ0n) is 13.5. The molecule has 2 aromatic rings. The van der Waals surface area contributed by atoms with Crippen LogP contribution in [-0.4, -0.2) is 46.4 Å². The molecule has 1 N–H and O–H groups in total. The number of benzene rings is 1. The lowest BCUT2D eigenvalue weighted by molar-refractivity contribution is -0.138. The second-order valence-electron chi connectivity index (χ2n) is 4.59. The first-order valence-corrected chi connectivity index (χ1v) is 7.11. The third kappa shape index (κ3) is 4.15. The summed E-state index contributed by atoms with van der Waals surface area (Å²) in [5.41, 5.74) is 1.25. The maximum Gasteiger partial charge on any atom is 0.354 e. The predicted octanol–water partition coefficient (Wildman–Crippen LogP) is 0.866. The van der Waals surface area contributed by atoms with Crippen LogP contribution < -0.4 is 5.32 Å². The van der Waals surface area contributed by atoms with E-state index in [1.54, 1.807) is 24.3 Å². The van der Waals surface area contributed by atoms with Gasteiger partial charge in [0.2, 0.25) is 0 Å². The third-order valence-corrected chi connectivity index (χ3v) is 3.02. The first-order valence-electron chi connectivity index (χ1n) is 7.11. The number of carbonyl (C=O) groups is 2. The third-order valence-electron chi connectivity index (χ3n) is 3.02. The van der Waals surface area contributed by atoms with Gasteiger partial charge in [-0.3, -0.25) is 0 Å². The van der Waals surface area contributed by atoms with Crippen molar-refractivity contribution in [2.24, 2.45) is 0 Å². The monoisotopic (exact) mass is 331 g/mol. The Labute approximate surface area is 138 Å². The van der Waals surface area contributed by atoms with Crippen LogP contribution in [0.3, 0.4) is 0 Å². The van der Waals surface area contributed by atoms with Crippen LogP contribution in [-0.2, 0) is 25.5 Å². The van der Waals surface area contributed by atoms with E-state index in [1.807, 2.05) is 6.92 Å². The molecule has 24 heavy (non-hydrogen) atoms. The Kier molecular flexibility index (Phi) is 5.61. The van der Waals surface area contributed by atoms with Crippen LogP contribution in [0.2, 0.25) is 0 Å². The van der Waals surface area contributed by atoms with E-state index >= 15 is 0 Å². The van der Waals surface area contributed by atoms with E-state index in [4.69, 9.17) is 0 Å². The minimum atomic E-state index is -0.685. The van der Waals surface area contributed by atoms with E-state index in [9.17, 15) is 9.59 Å². The topological polar surface area (TPSA) is 108 Å². The van der Waals surface area contributed by atoms with Crippen molar-refractivity contribution < 1.29 is 19.1 Å². The number of methoxy groups -OCH3 is 2. The van der Waals surface area contributed by atoms with Crippen molar-refractivity contribution in [1.82, 2.24) is 20.2 Å². The fourth-order valence-corrected chi connectivity index (χ4v) is 1.76. The van der Waals surface area contributed by atoms with Crippen molar-refractivity contribution in [2.45, 2.75) is 13.3 Å². The molecular formula is C15H17N5O4. The summed E-state index contributed by atoms with van der Waals surface area (Å²) in [7, 11) is 2.44. The molecule has 0 saturated carbocycles. The van der Waals surface area contributed by atoms with Crippen LogP contribution in [0.4, 0.5) is 5.69 Å². The average molecular weight is 331 g/mol. The number of carbonyl (C=O) groups excluding carboxylic acids is 2. The zero-order valence-corrected chi connectivity index (χ0v) is 13.5. The fourth-order valence-electron chi connectivity index (χ4n) is 1.76. The second kappa shape index (κ2) is 7.86. The number of nitrogens with zero attached hydrogens (tertiary/aromatic N) is 4. The highest BCUT2D eigenvalue weighted by molar-refractivity contribution is 5.98. The normalized spacial score (nSPS) is 11.0. The van der Waals surface area contributed by atoms with Crippen LogP contribution >= 0.6 is 0 Å². The quantitative estimate of drug-likeness (QED) is 0.613. The lowest BCUT2D eigenvalue weighted by Gasteiger charge is -2.09.